The topological polar surface area (TPSA) is 71.2 Å². The fourth-order valence-corrected chi connectivity index (χ4v) is 2.34. The van der Waals surface area contributed by atoms with Crippen molar-refractivity contribution in [3.8, 4) is 0 Å². The van der Waals surface area contributed by atoms with Crippen LogP contribution in [0.5, 0.6) is 0 Å². The Labute approximate surface area is 96.8 Å². The molecular weight excluding hydrogens is 224 g/mol. The van der Waals surface area contributed by atoms with Crippen LogP contribution < -0.4 is 11.2 Å². The van der Waals surface area contributed by atoms with Gasteiger partial charge in [0.25, 0.3) is 5.91 Å². The van der Waals surface area contributed by atoms with Crippen LogP contribution in [-0.4, -0.2) is 30.0 Å². The SMILES string of the molecule is CN(C)NC(=O)c1sc2cccnc2c1N. The van der Waals surface area contributed by atoms with Gasteiger partial charge in [-0.1, -0.05) is 0 Å². The smallest absolute Gasteiger partial charge is 0.277 e. The summed E-state index contributed by atoms with van der Waals surface area (Å²) in [5.41, 5.74) is 9.68. The van der Waals surface area contributed by atoms with E-state index in [-0.39, 0.29) is 5.91 Å². The molecule has 0 radical (unpaired) electrons. The van der Waals surface area contributed by atoms with E-state index in [0.29, 0.717) is 16.1 Å². The van der Waals surface area contributed by atoms with Crippen LogP contribution in [0.15, 0.2) is 18.3 Å². The summed E-state index contributed by atoms with van der Waals surface area (Å²) in [4.78, 5) is 16.5. The Bertz CT molecular complexity index is 535. The van der Waals surface area contributed by atoms with E-state index >= 15 is 0 Å². The first-order valence-corrected chi connectivity index (χ1v) is 5.52. The minimum absolute atomic E-state index is 0.203. The lowest BCUT2D eigenvalue weighted by atomic mass is 10.3. The van der Waals surface area contributed by atoms with E-state index in [2.05, 4.69) is 10.4 Å². The van der Waals surface area contributed by atoms with Crippen molar-refractivity contribution < 1.29 is 4.79 Å². The normalized spacial score (nSPS) is 10.9. The highest BCUT2D eigenvalue weighted by molar-refractivity contribution is 7.21. The van der Waals surface area contributed by atoms with Crippen molar-refractivity contribution in [1.82, 2.24) is 15.4 Å². The molecule has 2 aromatic heterocycles. The van der Waals surface area contributed by atoms with Crippen LogP contribution >= 0.6 is 11.3 Å². The fourth-order valence-electron chi connectivity index (χ4n) is 1.37. The van der Waals surface area contributed by atoms with Crippen LogP contribution in [0, 0.1) is 0 Å². The van der Waals surface area contributed by atoms with Crippen LogP contribution in [-0.2, 0) is 0 Å². The van der Waals surface area contributed by atoms with Crippen LogP contribution in [0.1, 0.15) is 9.67 Å². The van der Waals surface area contributed by atoms with Gasteiger partial charge in [0.2, 0.25) is 0 Å². The third-order valence-electron chi connectivity index (χ3n) is 2.01. The van der Waals surface area contributed by atoms with Crippen molar-refractivity contribution in [2.24, 2.45) is 0 Å². The second-order valence-corrected chi connectivity index (χ2v) is 4.58. The number of hydrogen-bond acceptors (Lipinski definition) is 5. The number of thiophene rings is 1. The van der Waals surface area contributed by atoms with Crippen LogP contribution in [0.2, 0.25) is 0 Å². The number of amides is 1. The molecule has 3 N–H and O–H groups in total. The standard InChI is InChI=1S/C10H12N4OS/c1-14(2)13-10(15)9-7(11)8-6(16-9)4-3-5-12-8/h3-5H,11H2,1-2H3,(H,13,15). The van der Waals surface area contributed by atoms with Gasteiger partial charge in [-0.05, 0) is 12.1 Å². The van der Waals surface area contributed by atoms with Crippen molar-refractivity contribution in [3.63, 3.8) is 0 Å². The van der Waals surface area contributed by atoms with Gasteiger partial charge in [0.05, 0.1) is 10.4 Å². The number of carbonyl (C=O) groups is 1. The molecule has 0 aliphatic rings. The Kier molecular flexibility index (Phi) is 2.76. The Morgan fingerprint density at radius 2 is 2.31 bits per heavy atom. The first-order chi connectivity index (χ1) is 7.59. The highest BCUT2D eigenvalue weighted by Gasteiger charge is 2.16. The Morgan fingerprint density at radius 3 is 2.94 bits per heavy atom. The van der Waals surface area contributed by atoms with E-state index < -0.39 is 0 Å². The number of nitrogens with zero attached hydrogens (tertiary/aromatic N) is 2. The van der Waals surface area contributed by atoms with E-state index in [1.807, 2.05) is 12.1 Å². The lowest BCUT2D eigenvalue weighted by molar-refractivity contribution is 0.0862. The van der Waals surface area contributed by atoms with Gasteiger partial charge in [-0.3, -0.25) is 15.2 Å². The van der Waals surface area contributed by atoms with Gasteiger partial charge in [0, 0.05) is 20.3 Å². The molecule has 2 aromatic rings. The summed E-state index contributed by atoms with van der Waals surface area (Å²) < 4.78 is 0.920. The molecule has 0 aliphatic carbocycles. The Hall–Kier alpha value is -1.66. The molecule has 0 aromatic carbocycles. The van der Waals surface area contributed by atoms with E-state index in [0.717, 1.165) is 4.70 Å². The summed E-state index contributed by atoms with van der Waals surface area (Å²) in [6.45, 7) is 0. The van der Waals surface area contributed by atoms with Gasteiger partial charge in [0.15, 0.2) is 0 Å². The van der Waals surface area contributed by atoms with Crippen molar-refractivity contribution in [1.29, 1.82) is 0 Å². The summed E-state index contributed by atoms with van der Waals surface area (Å²) in [6, 6.07) is 3.72. The van der Waals surface area contributed by atoms with Gasteiger partial charge >= 0.3 is 0 Å². The number of nitrogen functional groups attached to an aromatic ring is 1. The second-order valence-electron chi connectivity index (χ2n) is 3.53. The van der Waals surface area contributed by atoms with Crippen molar-refractivity contribution in [2.45, 2.75) is 0 Å². The number of fused-ring (bicyclic) bond motifs is 1. The highest BCUT2D eigenvalue weighted by atomic mass is 32.1. The van der Waals surface area contributed by atoms with E-state index in [1.54, 1.807) is 25.3 Å². The molecule has 0 spiro atoms. The largest absolute Gasteiger partial charge is 0.396 e. The number of hydrazine groups is 1. The zero-order chi connectivity index (χ0) is 11.7. The summed E-state index contributed by atoms with van der Waals surface area (Å²) >= 11 is 1.35. The zero-order valence-electron chi connectivity index (χ0n) is 9.02. The monoisotopic (exact) mass is 236 g/mol. The molecule has 2 rings (SSSR count). The van der Waals surface area contributed by atoms with Crippen LogP contribution in [0.4, 0.5) is 5.69 Å². The molecule has 0 fully saturated rings. The minimum atomic E-state index is -0.203. The molecule has 5 nitrogen and oxygen atoms in total. The maximum atomic E-state index is 11.8. The first-order valence-electron chi connectivity index (χ1n) is 4.71. The van der Waals surface area contributed by atoms with Crippen molar-refractivity contribution in [3.05, 3.63) is 23.2 Å². The molecule has 2 heterocycles. The number of hydrogen-bond donors (Lipinski definition) is 2. The summed E-state index contributed by atoms with van der Waals surface area (Å²) in [5.74, 6) is -0.203. The number of aromatic nitrogens is 1. The maximum absolute atomic E-state index is 11.8. The molecule has 0 unspecified atom stereocenters. The number of carbonyl (C=O) groups excluding carboxylic acids is 1. The molecule has 0 saturated heterocycles. The minimum Gasteiger partial charge on any atom is -0.396 e. The van der Waals surface area contributed by atoms with Gasteiger partial charge in [0.1, 0.15) is 10.4 Å². The predicted octanol–water partition coefficient (Wildman–Crippen LogP) is 1.08. The predicted molar refractivity (Wildman–Crippen MR) is 65.2 cm³/mol. The summed E-state index contributed by atoms with van der Waals surface area (Å²) in [5, 5.41) is 1.58. The number of rotatable bonds is 2. The van der Waals surface area contributed by atoms with Gasteiger partial charge in [-0.25, -0.2) is 5.01 Å². The third kappa shape index (κ3) is 1.84. The number of nitrogens with two attached hydrogens (primary N) is 1. The number of anilines is 1. The lowest BCUT2D eigenvalue weighted by Gasteiger charge is -2.10. The van der Waals surface area contributed by atoms with Crippen molar-refractivity contribution in [2.75, 3.05) is 19.8 Å². The summed E-state index contributed by atoms with van der Waals surface area (Å²) in [6.07, 6.45) is 1.67. The van der Waals surface area contributed by atoms with Crippen LogP contribution in [0.25, 0.3) is 10.2 Å². The average Bonchev–Trinajstić information content (AvgIpc) is 2.56. The molecule has 0 bridgehead atoms. The van der Waals surface area contributed by atoms with Gasteiger partial charge in [-0.2, -0.15) is 0 Å². The molecule has 1 amide bonds. The Morgan fingerprint density at radius 1 is 1.56 bits per heavy atom. The van der Waals surface area contributed by atoms with Crippen LogP contribution in [0.3, 0.4) is 0 Å². The van der Waals surface area contributed by atoms with E-state index in [1.165, 1.54) is 11.3 Å². The highest BCUT2D eigenvalue weighted by Crippen LogP contribution is 2.31. The zero-order valence-corrected chi connectivity index (χ0v) is 9.84. The molecule has 84 valence electrons. The maximum Gasteiger partial charge on any atom is 0.277 e. The van der Waals surface area contributed by atoms with Gasteiger partial charge in [-0.15, -0.1) is 11.3 Å². The fraction of sp³-hybridized carbons (Fsp3) is 0.200. The quantitative estimate of drug-likeness (QED) is 0.766. The molecule has 0 saturated carbocycles. The molecule has 16 heavy (non-hydrogen) atoms. The number of pyridine rings is 1. The molecule has 0 atom stereocenters. The van der Waals surface area contributed by atoms with Gasteiger partial charge < -0.3 is 5.73 Å². The molecule has 6 heteroatoms. The average molecular weight is 236 g/mol. The van der Waals surface area contributed by atoms with E-state index in [4.69, 9.17) is 5.73 Å². The van der Waals surface area contributed by atoms with E-state index in [9.17, 15) is 4.79 Å². The molecule has 0 aliphatic heterocycles. The molecular formula is C10H12N4OS. The first kappa shape index (κ1) is 10.8. The Balaban J connectivity index is 2.45. The number of nitrogens with one attached hydrogen (secondary N) is 1. The van der Waals surface area contributed by atoms with Crippen molar-refractivity contribution >= 4 is 33.1 Å². The summed E-state index contributed by atoms with van der Waals surface area (Å²) in [7, 11) is 3.50. The second kappa shape index (κ2) is 4.07. The third-order valence-corrected chi connectivity index (χ3v) is 3.17. The lowest BCUT2D eigenvalue weighted by Crippen LogP contribution is -2.35.